The van der Waals surface area contributed by atoms with E-state index in [2.05, 4.69) is 36.1 Å². The molecule has 1 saturated carbocycles. The molecule has 2 aliphatic heterocycles. The van der Waals surface area contributed by atoms with Gasteiger partial charge in [0, 0.05) is 32.3 Å². The van der Waals surface area contributed by atoms with Gasteiger partial charge in [0.2, 0.25) is 0 Å². The number of nitrogens with zero attached hydrogens (tertiary/aromatic N) is 1. The molecule has 0 spiro atoms. The van der Waals surface area contributed by atoms with E-state index in [9.17, 15) is 0 Å². The maximum Gasteiger partial charge on any atom is 0.0992 e. The number of ether oxygens (including phenoxy) is 3. The molecule has 0 radical (unpaired) electrons. The summed E-state index contributed by atoms with van der Waals surface area (Å²) in [6.07, 6.45) is 5.12. The Labute approximate surface area is 151 Å². The van der Waals surface area contributed by atoms with E-state index in [-0.39, 0.29) is 12.2 Å². The van der Waals surface area contributed by atoms with E-state index in [0.29, 0.717) is 12.0 Å². The highest BCUT2D eigenvalue weighted by Gasteiger charge is 2.43. The topological polar surface area (TPSA) is 30.9 Å². The molecule has 1 aliphatic carbocycles. The van der Waals surface area contributed by atoms with E-state index in [1.807, 2.05) is 0 Å². The van der Waals surface area contributed by atoms with Crippen LogP contribution in [0.1, 0.15) is 36.8 Å². The second-order valence-electron chi connectivity index (χ2n) is 7.86. The first-order valence-corrected chi connectivity index (χ1v) is 9.90. The van der Waals surface area contributed by atoms with Crippen LogP contribution < -0.4 is 0 Å². The van der Waals surface area contributed by atoms with Crippen LogP contribution in [0.15, 0.2) is 24.3 Å². The Morgan fingerprint density at radius 1 is 1.04 bits per heavy atom. The van der Waals surface area contributed by atoms with Crippen molar-refractivity contribution in [2.24, 2.45) is 5.92 Å². The minimum atomic E-state index is 0.249. The molecule has 138 valence electrons. The Hall–Kier alpha value is -0.940. The van der Waals surface area contributed by atoms with E-state index < -0.39 is 0 Å². The van der Waals surface area contributed by atoms with Crippen LogP contribution in [0.25, 0.3) is 0 Å². The molecule has 4 rings (SSSR count). The Bertz CT molecular complexity index is 541. The van der Waals surface area contributed by atoms with Crippen LogP contribution in [-0.4, -0.2) is 56.1 Å². The molecule has 1 aromatic carbocycles. The minimum Gasteiger partial charge on any atom is -0.381 e. The predicted octanol–water partition coefficient (Wildman–Crippen LogP) is 3.17. The van der Waals surface area contributed by atoms with Gasteiger partial charge in [-0.25, -0.2) is 0 Å². The second kappa shape index (κ2) is 8.17. The van der Waals surface area contributed by atoms with Gasteiger partial charge in [0.15, 0.2) is 0 Å². The van der Waals surface area contributed by atoms with Crippen LogP contribution in [0.2, 0.25) is 0 Å². The van der Waals surface area contributed by atoms with Crippen LogP contribution in [0.4, 0.5) is 0 Å². The highest BCUT2D eigenvalue weighted by Crippen LogP contribution is 2.33. The number of hydrogen-bond donors (Lipinski definition) is 0. The van der Waals surface area contributed by atoms with Crippen LogP contribution in [0.5, 0.6) is 0 Å². The monoisotopic (exact) mass is 345 g/mol. The molecule has 1 aromatic rings. The molecule has 0 unspecified atom stereocenters. The number of rotatable bonds is 5. The van der Waals surface area contributed by atoms with Crippen LogP contribution >= 0.6 is 0 Å². The van der Waals surface area contributed by atoms with Gasteiger partial charge in [0.1, 0.15) is 0 Å². The van der Waals surface area contributed by atoms with Crippen molar-refractivity contribution in [2.75, 3.05) is 33.0 Å². The fourth-order valence-corrected chi connectivity index (χ4v) is 4.47. The summed E-state index contributed by atoms with van der Waals surface area (Å²) in [7, 11) is 0. The van der Waals surface area contributed by atoms with E-state index in [0.717, 1.165) is 58.8 Å². The van der Waals surface area contributed by atoms with E-state index in [1.54, 1.807) is 0 Å². The Morgan fingerprint density at radius 2 is 1.84 bits per heavy atom. The first-order valence-electron chi connectivity index (χ1n) is 9.90. The van der Waals surface area contributed by atoms with Gasteiger partial charge >= 0.3 is 0 Å². The summed E-state index contributed by atoms with van der Waals surface area (Å²) >= 11 is 0. The Kier molecular flexibility index (Phi) is 5.71. The van der Waals surface area contributed by atoms with Crippen LogP contribution in [0, 0.1) is 12.8 Å². The number of hydrogen-bond acceptors (Lipinski definition) is 4. The van der Waals surface area contributed by atoms with Crippen LogP contribution in [0.3, 0.4) is 0 Å². The molecular weight excluding hydrogens is 314 g/mol. The Morgan fingerprint density at radius 3 is 2.64 bits per heavy atom. The van der Waals surface area contributed by atoms with Crippen molar-refractivity contribution in [1.29, 1.82) is 0 Å². The molecule has 4 heteroatoms. The van der Waals surface area contributed by atoms with Crippen molar-refractivity contribution >= 4 is 0 Å². The molecule has 2 saturated heterocycles. The normalized spacial score (nSPS) is 31.2. The van der Waals surface area contributed by atoms with Crippen molar-refractivity contribution in [3.8, 4) is 0 Å². The SMILES string of the molecule is Cc1ccc(CN2CCO[C@H]3[C@H](OCC4CCOCC4)CC[C@@H]32)cc1. The standard InChI is InChI=1S/C21H31NO3/c1-16-2-4-17(5-3-16)14-22-10-13-24-21-19(22)6-7-20(21)25-15-18-8-11-23-12-9-18/h2-5,18-21H,6-15H2,1H3/t19-,20+,21+/m0/s1. The molecule has 3 atom stereocenters. The second-order valence-corrected chi connectivity index (χ2v) is 7.86. The molecule has 3 aliphatic rings. The number of benzene rings is 1. The van der Waals surface area contributed by atoms with Gasteiger partial charge in [-0.2, -0.15) is 0 Å². The zero-order chi connectivity index (χ0) is 17.1. The molecule has 25 heavy (non-hydrogen) atoms. The van der Waals surface area contributed by atoms with Crippen molar-refractivity contribution in [2.45, 2.75) is 57.4 Å². The van der Waals surface area contributed by atoms with Gasteiger partial charge < -0.3 is 14.2 Å². The fraction of sp³-hybridized carbons (Fsp3) is 0.714. The lowest BCUT2D eigenvalue weighted by atomic mass is 10.0. The zero-order valence-electron chi connectivity index (χ0n) is 15.4. The van der Waals surface area contributed by atoms with Gasteiger partial charge in [-0.1, -0.05) is 29.8 Å². The summed E-state index contributed by atoms with van der Waals surface area (Å²) in [6, 6.07) is 9.44. The molecule has 0 N–H and O–H groups in total. The largest absolute Gasteiger partial charge is 0.381 e. The summed E-state index contributed by atoms with van der Waals surface area (Å²) in [5, 5.41) is 0. The van der Waals surface area contributed by atoms with Gasteiger partial charge in [0.05, 0.1) is 25.4 Å². The average Bonchev–Trinajstić information content (AvgIpc) is 3.07. The van der Waals surface area contributed by atoms with Gasteiger partial charge in [-0.3, -0.25) is 4.90 Å². The first-order chi connectivity index (χ1) is 12.3. The zero-order valence-corrected chi connectivity index (χ0v) is 15.4. The van der Waals surface area contributed by atoms with E-state index >= 15 is 0 Å². The van der Waals surface area contributed by atoms with E-state index in [1.165, 1.54) is 17.5 Å². The third-order valence-electron chi connectivity index (χ3n) is 6.04. The van der Waals surface area contributed by atoms with E-state index in [4.69, 9.17) is 14.2 Å². The molecule has 0 bridgehead atoms. The van der Waals surface area contributed by atoms with Gasteiger partial charge in [-0.15, -0.1) is 0 Å². The minimum absolute atomic E-state index is 0.249. The highest BCUT2D eigenvalue weighted by atomic mass is 16.5. The smallest absolute Gasteiger partial charge is 0.0992 e. The fourth-order valence-electron chi connectivity index (χ4n) is 4.47. The van der Waals surface area contributed by atoms with Crippen molar-refractivity contribution in [3.63, 3.8) is 0 Å². The lowest BCUT2D eigenvalue weighted by Gasteiger charge is -2.39. The molecular formula is C21H31NO3. The predicted molar refractivity (Wildman–Crippen MR) is 97.6 cm³/mol. The van der Waals surface area contributed by atoms with Crippen molar-refractivity contribution in [1.82, 2.24) is 4.90 Å². The highest BCUT2D eigenvalue weighted by molar-refractivity contribution is 5.21. The van der Waals surface area contributed by atoms with Crippen LogP contribution in [-0.2, 0) is 20.8 Å². The number of morpholine rings is 1. The van der Waals surface area contributed by atoms with Crippen molar-refractivity contribution in [3.05, 3.63) is 35.4 Å². The third-order valence-corrected chi connectivity index (χ3v) is 6.04. The van der Waals surface area contributed by atoms with Gasteiger partial charge in [0.25, 0.3) is 0 Å². The lowest BCUT2D eigenvalue weighted by molar-refractivity contribution is -0.122. The molecule has 3 fully saturated rings. The molecule has 2 heterocycles. The summed E-state index contributed by atoms with van der Waals surface area (Å²) in [6.45, 7) is 7.69. The lowest BCUT2D eigenvalue weighted by Crippen LogP contribution is -2.51. The summed E-state index contributed by atoms with van der Waals surface area (Å²) in [5.41, 5.74) is 2.73. The summed E-state index contributed by atoms with van der Waals surface area (Å²) < 4.78 is 17.9. The average molecular weight is 345 g/mol. The maximum absolute atomic E-state index is 6.32. The molecule has 4 nitrogen and oxygen atoms in total. The van der Waals surface area contributed by atoms with Crippen molar-refractivity contribution < 1.29 is 14.2 Å². The third kappa shape index (κ3) is 4.25. The summed E-state index contributed by atoms with van der Waals surface area (Å²) in [5.74, 6) is 0.667. The molecule has 0 amide bonds. The first kappa shape index (κ1) is 17.5. The number of fused-ring (bicyclic) bond motifs is 1. The van der Waals surface area contributed by atoms with Gasteiger partial charge in [-0.05, 0) is 44.1 Å². The number of aryl methyl sites for hydroxylation is 1. The maximum atomic E-state index is 6.32. The summed E-state index contributed by atoms with van der Waals surface area (Å²) in [4.78, 5) is 2.61. The Balaban J connectivity index is 1.32. The molecule has 0 aromatic heterocycles. The quantitative estimate of drug-likeness (QED) is 0.820.